The molecule has 8 heteroatoms. The first-order chi connectivity index (χ1) is 12.0. The molecule has 3 heterocycles. The Hall–Kier alpha value is -2.48. The van der Waals surface area contributed by atoms with Crippen LogP contribution in [0.25, 0.3) is 0 Å². The molecule has 0 saturated carbocycles. The van der Waals surface area contributed by atoms with Crippen LogP contribution in [0.5, 0.6) is 0 Å². The molecule has 25 heavy (non-hydrogen) atoms. The van der Waals surface area contributed by atoms with Crippen molar-refractivity contribution in [3.63, 3.8) is 0 Å². The Labute approximate surface area is 146 Å². The third kappa shape index (κ3) is 4.33. The molecule has 1 saturated heterocycles. The van der Waals surface area contributed by atoms with Gasteiger partial charge in [0.25, 0.3) is 5.89 Å². The van der Waals surface area contributed by atoms with Crippen molar-refractivity contribution in [2.24, 2.45) is 0 Å². The minimum absolute atomic E-state index is 0.0857. The minimum atomic E-state index is -0.278. The number of carbonyl (C=O) groups is 1. The number of amides is 2. The standard InChI is InChI=1S/C17H23N5O3/c1-10-9-11(2)19-12(3)15(10)21-17(23)18-7-6-14-20-16(25-22-14)13-5-4-8-24-13/h9,13H,4-8H2,1-3H3,(H2,18,21,23)/t13-/m1/s1. The number of aryl methyl sites for hydroxylation is 3. The van der Waals surface area contributed by atoms with E-state index < -0.39 is 0 Å². The number of anilines is 1. The molecule has 0 bridgehead atoms. The summed E-state index contributed by atoms with van der Waals surface area (Å²) in [4.78, 5) is 20.8. The van der Waals surface area contributed by atoms with E-state index in [1.54, 1.807) is 0 Å². The lowest BCUT2D eigenvalue weighted by molar-refractivity contribution is 0.0835. The Morgan fingerprint density at radius 2 is 2.16 bits per heavy atom. The number of urea groups is 1. The Morgan fingerprint density at radius 1 is 1.32 bits per heavy atom. The first kappa shape index (κ1) is 17.3. The molecule has 8 nitrogen and oxygen atoms in total. The van der Waals surface area contributed by atoms with Gasteiger partial charge in [-0.05, 0) is 45.2 Å². The number of hydrogen-bond acceptors (Lipinski definition) is 6. The molecular formula is C17H23N5O3. The van der Waals surface area contributed by atoms with Crippen LogP contribution >= 0.6 is 0 Å². The maximum Gasteiger partial charge on any atom is 0.319 e. The third-order valence-electron chi connectivity index (χ3n) is 4.09. The van der Waals surface area contributed by atoms with Crippen molar-refractivity contribution < 1.29 is 14.1 Å². The van der Waals surface area contributed by atoms with Gasteiger partial charge < -0.3 is 19.9 Å². The van der Waals surface area contributed by atoms with Gasteiger partial charge in [0.1, 0.15) is 6.10 Å². The van der Waals surface area contributed by atoms with Crippen molar-refractivity contribution in [3.8, 4) is 0 Å². The van der Waals surface area contributed by atoms with Crippen LogP contribution in [0.2, 0.25) is 0 Å². The van der Waals surface area contributed by atoms with Gasteiger partial charge in [0, 0.05) is 25.3 Å². The largest absolute Gasteiger partial charge is 0.368 e. The number of ether oxygens (including phenoxy) is 1. The van der Waals surface area contributed by atoms with Crippen molar-refractivity contribution in [1.29, 1.82) is 0 Å². The molecule has 1 aliphatic heterocycles. The Balaban J connectivity index is 1.48. The number of nitrogens with zero attached hydrogens (tertiary/aromatic N) is 3. The molecule has 2 aromatic rings. The van der Waals surface area contributed by atoms with Crippen molar-refractivity contribution in [3.05, 3.63) is 34.7 Å². The van der Waals surface area contributed by atoms with E-state index in [4.69, 9.17) is 9.26 Å². The monoisotopic (exact) mass is 345 g/mol. The van der Waals surface area contributed by atoms with E-state index >= 15 is 0 Å². The zero-order valence-electron chi connectivity index (χ0n) is 14.8. The molecule has 134 valence electrons. The van der Waals surface area contributed by atoms with E-state index in [9.17, 15) is 4.79 Å². The lowest BCUT2D eigenvalue weighted by Crippen LogP contribution is -2.31. The number of pyridine rings is 1. The van der Waals surface area contributed by atoms with Gasteiger partial charge in [0.05, 0.1) is 11.4 Å². The summed E-state index contributed by atoms with van der Waals surface area (Å²) in [5, 5.41) is 9.57. The highest BCUT2D eigenvalue weighted by Crippen LogP contribution is 2.26. The van der Waals surface area contributed by atoms with E-state index in [0.29, 0.717) is 24.7 Å². The van der Waals surface area contributed by atoms with Gasteiger partial charge in [0.15, 0.2) is 5.82 Å². The summed E-state index contributed by atoms with van der Waals surface area (Å²) >= 11 is 0. The first-order valence-electron chi connectivity index (χ1n) is 8.46. The molecular weight excluding hydrogens is 322 g/mol. The van der Waals surface area contributed by atoms with E-state index in [1.807, 2.05) is 26.8 Å². The average molecular weight is 345 g/mol. The van der Waals surface area contributed by atoms with E-state index in [2.05, 4.69) is 25.8 Å². The quantitative estimate of drug-likeness (QED) is 0.863. The van der Waals surface area contributed by atoms with Gasteiger partial charge in [-0.1, -0.05) is 5.16 Å². The highest BCUT2D eigenvalue weighted by Gasteiger charge is 2.23. The zero-order valence-corrected chi connectivity index (χ0v) is 14.8. The smallest absolute Gasteiger partial charge is 0.319 e. The van der Waals surface area contributed by atoms with E-state index in [-0.39, 0.29) is 12.1 Å². The van der Waals surface area contributed by atoms with Crippen LogP contribution in [-0.4, -0.2) is 34.3 Å². The molecule has 1 atom stereocenters. The van der Waals surface area contributed by atoms with Gasteiger partial charge in [-0.3, -0.25) is 4.98 Å². The summed E-state index contributed by atoms with van der Waals surface area (Å²) in [6.07, 6.45) is 2.33. The SMILES string of the molecule is Cc1cc(C)c(NC(=O)NCCc2noc([C@H]3CCCO3)n2)c(C)n1. The number of nitrogens with one attached hydrogen (secondary N) is 2. The number of carbonyl (C=O) groups excluding carboxylic acids is 1. The Bertz CT molecular complexity index is 729. The molecule has 0 unspecified atom stereocenters. The third-order valence-corrected chi connectivity index (χ3v) is 4.09. The van der Waals surface area contributed by atoms with Gasteiger partial charge in [-0.25, -0.2) is 4.79 Å². The fraction of sp³-hybridized carbons (Fsp3) is 0.529. The van der Waals surface area contributed by atoms with E-state index in [0.717, 1.165) is 42.1 Å². The molecule has 0 aliphatic carbocycles. The second-order valence-electron chi connectivity index (χ2n) is 6.22. The molecule has 0 aromatic carbocycles. The molecule has 2 aromatic heterocycles. The maximum atomic E-state index is 12.1. The fourth-order valence-electron chi connectivity index (χ4n) is 2.93. The summed E-state index contributed by atoms with van der Waals surface area (Å²) < 4.78 is 10.7. The van der Waals surface area contributed by atoms with Crippen molar-refractivity contribution in [1.82, 2.24) is 20.4 Å². The summed E-state index contributed by atoms with van der Waals surface area (Å²) in [5.74, 6) is 1.09. The van der Waals surface area contributed by atoms with Crippen molar-refractivity contribution in [2.75, 3.05) is 18.5 Å². The molecule has 0 spiro atoms. The van der Waals surface area contributed by atoms with Crippen LogP contribution in [0.3, 0.4) is 0 Å². The topological polar surface area (TPSA) is 102 Å². The molecule has 1 fully saturated rings. The number of aromatic nitrogens is 3. The summed E-state index contributed by atoms with van der Waals surface area (Å²) in [7, 11) is 0. The molecule has 1 aliphatic rings. The lowest BCUT2D eigenvalue weighted by atomic mass is 10.1. The van der Waals surface area contributed by atoms with Gasteiger partial charge in [0.2, 0.25) is 0 Å². The highest BCUT2D eigenvalue weighted by molar-refractivity contribution is 5.90. The Kier molecular flexibility index (Phi) is 5.28. The Morgan fingerprint density at radius 3 is 2.88 bits per heavy atom. The van der Waals surface area contributed by atoms with Crippen molar-refractivity contribution >= 4 is 11.7 Å². The molecule has 2 amide bonds. The van der Waals surface area contributed by atoms with Crippen LogP contribution in [0.4, 0.5) is 10.5 Å². The zero-order chi connectivity index (χ0) is 17.8. The van der Waals surface area contributed by atoms with Crippen LogP contribution in [-0.2, 0) is 11.2 Å². The number of hydrogen-bond donors (Lipinski definition) is 2. The van der Waals surface area contributed by atoms with E-state index in [1.165, 1.54) is 0 Å². The second kappa shape index (κ2) is 7.60. The summed E-state index contributed by atoms with van der Waals surface area (Å²) in [6.45, 7) is 6.90. The highest BCUT2D eigenvalue weighted by atomic mass is 16.5. The molecule has 3 rings (SSSR count). The summed E-state index contributed by atoms with van der Waals surface area (Å²) in [6, 6.07) is 1.66. The molecule has 0 radical (unpaired) electrons. The predicted molar refractivity (Wildman–Crippen MR) is 91.4 cm³/mol. The van der Waals surface area contributed by atoms with Crippen molar-refractivity contribution in [2.45, 2.75) is 46.1 Å². The van der Waals surface area contributed by atoms with Crippen LogP contribution in [0.1, 0.15) is 47.6 Å². The number of rotatable bonds is 5. The second-order valence-corrected chi connectivity index (χ2v) is 6.22. The predicted octanol–water partition coefficient (Wildman–Crippen LogP) is 2.61. The van der Waals surface area contributed by atoms with Crippen LogP contribution in [0.15, 0.2) is 10.6 Å². The normalized spacial score (nSPS) is 16.8. The lowest BCUT2D eigenvalue weighted by Gasteiger charge is -2.12. The average Bonchev–Trinajstić information content (AvgIpc) is 3.22. The van der Waals surface area contributed by atoms with Gasteiger partial charge in [-0.15, -0.1) is 0 Å². The van der Waals surface area contributed by atoms with Crippen LogP contribution in [0, 0.1) is 20.8 Å². The molecule has 2 N–H and O–H groups in total. The van der Waals surface area contributed by atoms with Gasteiger partial charge in [-0.2, -0.15) is 4.98 Å². The minimum Gasteiger partial charge on any atom is -0.368 e. The fourth-order valence-corrected chi connectivity index (χ4v) is 2.93. The summed E-state index contributed by atoms with van der Waals surface area (Å²) in [5.41, 5.74) is 3.45. The maximum absolute atomic E-state index is 12.1. The first-order valence-corrected chi connectivity index (χ1v) is 8.46. The van der Waals surface area contributed by atoms with Crippen LogP contribution < -0.4 is 10.6 Å². The van der Waals surface area contributed by atoms with Gasteiger partial charge >= 0.3 is 6.03 Å².